The van der Waals surface area contributed by atoms with Crippen LogP contribution in [-0.2, 0) is 11.0 Å². The summed E-state index contributed by atoms with van der Waals surface area (Å²) in [6.07, 6.45) is -4.58. The highest BCUT2D eigenvalue weighted by Crippen LogP contribution is 2.34. The number of halogens is 3. The first kappa shape index (κ1) is 26.0. The molecule has 0 aliphatic rings. The lowest BCUT2D eigenvalue weighted by molar-refractivity contribution is -0.137. The highest BCUT2D eigenvalue weighted by atomic mass is 32.2. The molecule has 3 aromatic carbocycles. The lowest BCUT2D eigenvalue weighted by Gasteiger charge is -2.13. The molecule has 0 aliphatic heterocycles. The fourth-order valence-corrected chi connectivity index (χ4v) is 3.85. The van der Waals surface area contributed by atoms with E-state index in [9.17, 15) is 18.0 Å². The van der Waals surface area contributed by atoms with Gasteiger partial charge < -0.3 is 16.0 Å². The van der Waals surface area contributed by atoms with Crippen LogP contribution in [0.1, 0.15) is 16.7 Å². The molecular formula is C26H23F3N6OS. The van der Waals surface area contributed by atoms with Gasteiger partial charge in [-0.1, -0.05) is 59.3 Å². The number of nitrogens with zero attached hydrogens (tertiary/aromatic N) is 3. The molecule has 7 nitrogen and oxygen atoms in total. The molecule has 4 rings (SSSR count). The number of anilines is 5. The molecule has 1 amide bonds. The Morgan fingerprint density at radius 3 is 1.81 bits per heavy atom. The zero-order valence-electron chi connectivity index (χ0n) is 19.9. The molecule has 37 heavy (non-hydrogen) atoms. The van der Waals surface area contributed by atoms with Gasteiger partial charge in [-0.2, -0.15) is 28.1 Å². The molecule has 1 heterocycles. The number of para-hydroxylation sites is 1. The number of carbonyl (C=O) groups is 1. The lowest BCUT2D eigenvalue weighted by Crippen LogP contribution is -2.18. The van der Waals surface area contributed by atoms with E-state index in [1.165, 1.54) is 18.2 Å². The van der Waals surface area contributed by atoms with Gasteiger partial charge in [0.1, 0.15) is 0 Å². The molecule has 0 unspecified atom stereocenters. The normalized spacial score (nSPS) is 11.2. The molecule has 0 bridgehead atoms. The number of hydrogen-bond donors (Lipinski definition) is 3. The zero-order chi connectivity index (χ0) is 26.4. The van der Waals surface area contributed by atoms with E-state index in [2.05, 4.69) is 30.9 Å². The molecule has 0 aliphatic carbocycles. The molecular weight excluding hydrogens is 501 g/mol. The summed E-state index contributed by atoms with van der Waals surface area (Å²) in [6.45, 7) is 3.95. The van der Waals surface area contributed by atoms with Crippen LogP contribution in [0.2, 0.25) is 0 Å². The van der Waals surface area contributed by atoms with Gasteiger partial charge in [0.05, 0.1) is 17.0 Å². The average Bonchev–Trinajstić information content (AvgIpc) is 2.85. The Morgan fingerprint density at radius 1 is 0.784 bits per heavy atom. The van der Waals surface area contributed by atoms with Crippen molar-refractivity contribution in [3.8, 4) is 0 Å². The van der Waals surface area contributed by atoms with E-state index in [1.807, 2.05) is 62.4 Å². The van der Waals surface area contributed by atoms with Crippen molar-refractivity contribution in [2.45, 2.75) is 25.2 Å². The van der Waals surface area contributed by atoms with E-state index < -0.39 is 17.6 Å². The molecule has 4 aromatic rings. The number of aryl methyl sites for hydroxylation is 2. The highest BCUT2D eigenvalue weighted by molar-refractivity contribution is 7.99. The molecule has 0 fully saturated rings. The smallest absolute Gasteiger partial charge is 0.325 e. The van der Waals surface area contributed by atoms with Crippen molar-refractivity contribution in [3.63, 3.8) is 0 Å². The van der Waals surface area contributed by atoms with Crippen molar-refractivity contribution < 1.29 is 18.0 Å². The zero-order valence-corrected chi connectivity index (χ0v) is 20.7. The van der Waals surface area contributed by atoms with Crippen molar-refractivity contribution in [1.82, 2.24) is 15.0 Å². The molecule has 1 aromatic heterocycles. The van der Waals surface area contributed by atoms with Crippen LogP contribution in [0, 0.1) is 13.8 Å². The van der Waals surface area contributed by atoms with Gasteiger partial charge in [-0.05, 0) is 50.2 Å². The number of carbonyl (C=O) groups excluding carboxylic acids is 1. The third-order valence-electron chi connectivity index (χ3n) is 5.07. The number of amides is 1. The number of thioether (sulfide) groups is 1. The van der Waals surface area contributed by atoms with Crippen LogP contribution in [0.25, 0.3) is 0 Å². The first-order valence-corrected chi connectivity index (χ1v) is 12.2. The SMILES string of the molecule is Cc1ccc(Nc2nc(Nc3ccc(C)cc3)nc(SCC(=O)Nc3ccccc3C(F)(F)F)n2)cc1. The Hall–Kier alpha value is -4.12. The monoisotopic (exact) mass is 524 g/mol. The second kappa shape index (κ2) is 11.3. The van der Waals surface area contributed by atoms with Crippen molar-refractivity contribution in [2.75, 3.05) is 21.7 Å². The van der Waals surface area contributed by atoms with E-state index in [4.69, 9.17) is 0 Å². The molecule has 0 radical (unpaired) electrons. The molecule has 0 atom stereocenters. The number of hydrogen-bond acceptors (Lipinski definition) is 7. The van der Waals surface area contributed by atoms with Gasteiger partial charge in [-0.15, -0.1) is 0 Å². The van der Waals surface area contributed by atoms with Crippen LogP contribution >= 0.6 is 11.8 Å². The maximum atomic E-state index is 13.2. The van der Waals surface area contributed by atoms with E-state index in [0.29, 0.717) is 0 Å². The van der Waals surface area contributed by atoms with Gasteiger partial charge >= 0.3 is 6.18 Å². The minimum atomic E-state index is -4.58. The van der Waals surface area contributed by atoms with Crippen LogP contribution in [0.4, 0.5) is 42.1 Å². The Kier molecular flexibility index (Phi) is 7.92. The Balaban J connectivity index is 1.52. The summed E-state index contributed by atoms with van der Waals surface area (Å²) in [6, 6.07) is 20.1. The molecule has 0 saturated carbocycles. The summed E-state index contributed by atoms with van der Waals surface area (Å²) in [5.74, 6) is -0.328. The Bertz CT molecular complexity index is 1310. The number of aromatic nitrogens is 3. The number of alkyl halides is 3. The van der Waals surface area contributed by atoms with Gasteiger partial charge in [-0.3, -0.25) is 4.79 Å². The van der Waals surface area contributed by atoms with Crippen LogP contribution in [0.3, 0.4) is 0 Å². The topological polar surface area (TPSA) is 91.8 Å². The predicted molar refractivity (Wildman–Crippen MR) is 140 cm³/mol. The second-order valence-electron chi connectivity index (χ2n) is 8.13. The van der Waals surface area contributed by atoms with Crippen molar-refractivity contribution in [3.05, 3.63) is 89.5 Å². The van der Waals surface area contributed by atoms with Crippen molar-refractivity contribution in [1.29, 1.82) is 0 Å². The third kappa shape index (κ3) is 7.43. The predicted octanol–water partition coefficient (Wildman–Crippen LogP) is 6.73. The summed E-state index contributed by atoms with van der Waals surface area (Å²) in [5, 5.41) is 8.78. The summed E-state index contributed by atoms with van der Waals surface area (Å²) >= 11 is 0.980. The first-order valence-electron chi connectivity index (χ1n) is 11.2. The first-order chi connectivity index (χ1) is 17.7. The largest absolute Gasteiger partial charge is 0.418 e. The van der Waals surface area contributed by atoms with Crippen LogP contribution < -0.4 is 16.0 Å². The van der Waals surface area contributed by atoms with E-state index in [0.717, 1.165) is 40.3 Å². The molecule has 3 N–H and O–H groups in total. The van der Waals surface area contributed by atoms with Gasteiger partial charge in [0.25, 0.3) is 0 Å². The molecule has 11 heteroatoms. The third-order valence-corrected chi connectivity index (χ3v) is 5.92. The van der Waals surface area contributed by atoms with Gasteiger partial charge in [-0.25, -0.2) is 0 Å². The van der Waals surface area contributed by atoms with Gasteiger partial charge in [0.15, 0.2) is 5.16 Å². The number of benzene rings is 3. The fraction of sp³-hybridized carbons (Fsp3) is 0.154. The van der Waals surface area contributed by atoms with E-state index >= 15 is 0 Å². The minimum absolute atomic E-state index is 0.204. The van der Waals surface area contributed by atoms with Crippen LogP contribution in [0.5, 0.6) is 0 Å². The highest BCUT2D eigenvalue weighted by Gasteiger charge is 2.33. The van der Waals surface area contributed by atoms with Crippen LogP contribution in [0.15, 0.2) is 78.0 Å². The average molecular weight is 525 g/mol. The summed E-state index contributed by atoms with van der Waals surface area (Å²) in [7, 11) is 0. The van der Waals surface area contributed by atoms with Gasteiger partial charge in [0, 0.05) is 11.4 Å². The summed E-state index contributed by atoms with van der Waals surface area (Å²) in [5.41, 5.74) is 2.49. The Morgan fingerprint density at radius 2 is 1.30 bits per heavy atom. The van der Waals surface area contributed by atoms with E-state index in [-0.39, 0.29) is 28.5 Å². The molecule has 0 saturated heterocycles. The lowest BCUT2D eigenvalue weighted by atomic mass is 10.1. The number of rotatable bonds is 8. The van der Waals surface area contributed by atoms with Crippen molar-refractivity contribution in [2.24, 2.45) is 0 Å². The quantitative estimate of drug-likeness (QED) is 0.220. The Labute approximate surface area is 216 Å². The van der Waals surface area contributed by atoms with Crippen LogP contribution in [-0.4, -0.2) is 26.6 Å². The van der Waals surface area contributed by atoms with Gasteiger partial charge in [0.2, 0.25) is 17.8 Å². The molecule has 190 valence electrons. The standard InChI is InChI=1S/C26H23F3N6OS/c1-16-7-11-18(12-8-16)30-23-33-24(31-19-13-9-17(2)10-14-19)35-25(34-23)37-15-22(36)32-21-6-4-3-5-20(21)26(27,28)29/h3-14H,15H2,1-2H3,(H,32,36)(H2,30,31,33,34,35). The summed E-state index contributed by atoms with van der Waals surface area (Å²) < 4.78 is 39.7. The maximum Gasteiger partial charge on any atom is 0.418 e. The fourth-order valence-electron chi connectivity index (χ4n) is 3.22. The minimum Gasteiger partial charge on any atom is -0.325 e. The second-order valence-corrected chi connectivity index (χ2v) is 9.07. The molecule has 0 spiro atoms. The maximum absolute atomic E-state index is 13.2. The van der Waals surface area contributed by atoms with Crippen molar-refractivity contribution >= 4 is 46.6 Å². The number of nitrogens with one attached hydrogen (secondary N) is 3. The van der Waals surface area contributed by atoms with E-state index in [1.54, 1.807) is 0 Å². The summed E-state index contributed by atoms with van der Waals surface area (Å²) in [4.78, 5) is 25.6.